The molecule has 0 spiro atoms. The van der Waals surface area contributed by atoms with E-state index in [-0.39, 0.29) is 12.5 Å². The number of rotatable bonds is 9. The Morgan fingerprint density at radius 2 is 1.77 bits per heavy atom. The maximum Gasteiger partial charge on any atom is 0.224 e. The quantitative estimate of drug-likeness (QED) is 0.153. The van der Waals surface area contributed by atoms with Crippen molar-refractivity contribution < 1.29 is 17.6 Å². The Labute approximate surface area is 269 Å². The van der Waals surface area contributed by atoms with Crippen molar-refractivity contribution in [3.05, 3.63) is 72.6 Å². The molecule has 1 saturated carbocycles. The minimum absolute atomic E-state index is 0.00448. The number of benzene rings is 1. The van der Waals surface area contributed by atoms with E-state index < -0.39 is 15.8 Å². The maximum absolute atomic E-state index is 14.6. The van der Waals surface area contributed by atoms with Gasteiger partial charge in [-0.1, -0.05) is 19.3 Å². The Balaban J connectivity index is 1.18. The zero-order chi connectivity index (χ0) is 32.5. The minimum Gasteiger partial charge on any atom is -0.335 e. The van der Waals surface area contributed by atoms with E-state index in [0.29, 0.717) is 74.0 Å². The first kappa shape index (κ1) is 30.6. The molecule has 7 rings (SSSR count). The van der Waals surface area contributed by atoms with Crippen molar-refractivity contribution in [2.75, 3.05) is 11.6 Å². The van der Waals surface area contributed by atoms with Crippen LogP contribution in [0, 0.1) is 11.7 Å². The first-order chi connectivity index (χ1) is 22.7. The molecule has 14 heteroatoms. The Morgan fingerprint density at radius 1 is 0.936 bits per heavy atom. The molecule has 1 aliphatic carbocycles. The summed E-state index contributed by atoms with van der Waals surface area (Å²) >= 11 is 0. The van der Waals surface area contributed by atoms with Gasteiger partial charge in [0, 0.05) is 36.5 Å². The Bertz CT molecular complexity index is 2230. The third-order valence-electron chi connectivity index (χ3n) is 8.35. The molecular formula is C33H32FN9O3S. The number of aromatic amines is 2. The van der Waals surface area contributed by atoms with Gasteiger partial charge in [-0.05, 0) is 66.3 Å². The molecule has 0 atom stereocenters. The smallest absolute Gasteiger partial charge is 0.224 e. The molecule has 0 radical (unpaired) electrons. The summed E-state index contributed by atoms with van der Waals surface area (Å²) in [6, 6.07) is 9.92. The number of nitrogens with zero attached hydrogens (tertiary/aromatic N) is 5. The van der Waals surface area contributed by atoms with Crippen molar-refractivity contribution in [3.63, 3.8) is 0 Å². The van der Waals surface area contributed by atoms with E-state index in [2.05, 4.69) is 35.2 Å². The van der Waals surface area contributed by atoms with Crippen molar-refractivity contribution in [2.45, 2.75) is 45.1 Å². The number of halogens is 1. The van der Waals surface area contributed by atoms with E-state index in [9.17, 15) is 17.6 Å². The number of carbonyl (C=O) groups excluding carboxylic acids is 1. The fraction of sp³-hybridized carbons (Fsp3) is 0.273. The van der Waals surface area contributed by atoms with Crippen molar-refractivity contribution >= 4 is 43.7 Å². The topological polar surface area (TPSA) is 171 Å². The number of carbonyl (C=O) groups is 1. The van der Waals surface area contributed by atoms with Crippen LogP contribution in [0.5, 0.6) is 0 Å². The Kier molecular flexibility index (Phi) is 8.20. The van der Waals surface area contributed by atoms with Crippen LogP contribution >= 0.6 is 0 Å². The predicted molar refractivity (Wildman–Crippen MR) is 177 cm³/mol. The molecule has 1 aromatic carbocycles. The number of hydrogen-bond acceptors (Lipinski definition) is 8. The average molecular weight is 654 g/mol. The number of anilines is 1. The number of pyridine rings is 3. The third kappa shape index (κ3) is 6.88. The van der Waals surface area contributed by atoms with Crippen LogP contribution in [0.2, 0.25) is 0 Å². The van der Waals surface area contributed by atoms with E-state index in [1.807, 2.05) is 18.2 Å². The van der Waals surface area contributed by atoms with Crippen molar-refractivity contribution in [1.29, 1.82) is 0 Å². The largest absolute Gasteiger partial charge is 0.335 e. The van der Waals surface area contributed by atoms with E-state index in [4.69, 9.17) is 9.97 Å². The molecule has 5 heterocycles. The summed E-state index contributed by atoms with van der Waals surface area (Å²) in [6.45, 7) is -0.0582. The first-order valence-electron chi connectivity index (χ1n) is 15.4. The molecule has 0 unspecified atom stereocenters. The zero-order valence-corrected chi connectivity index (χ0v) is 26.4. The monoisotopic (exact) mass is 653 g/mol. The van der Waals surface area contributed by atoms with Crippen LogP contribution in [0.3, 0.4) is 0 Å². The van der Waals surface area contributed by atoms with Gasteiger partial charge in [0.15, 0.2) is 11.5 Å². The molecule has 12 nitrogen and oxygen atoms in total. The minimum atomic E-state index is -3.46. The van der Waals surface area contributed by atoms with E-state index >= 15 is 0 Å². The highest BCUT2D eigenvalue weighted by atomic mass is 32.2. The van der Waals surface area contributed by atoms with Crippen LogP contribution in [0.15, 0.2) is 61.2 Å². The normalized spacial score (nSPS) is 14.2. The van der Waals surface area contributed by atoms with E-state index in [1.165, 1.54) is 31.4 Å². The summed E-state index contributed by atoms with van der Waals surface area (Å²) in [5, 5.41) is 10.5. The van der Waals surface area contributed by atoms with Crippen LogP contribution in [0.4, 0.5) is 10.1 Å². The van der Waals surface area contributed by atoms with Gasteiger partial charge >= 0.3 is 0 Å². The molecule has 0 aliphatic heterocycles. The molecular weight excluding hydrogens is 621 g/mol. The van der Waals surface area contributed by atoms with Gasteiger partial charge in [0.05, 0.1) is 46.6 Å². The Hall–Kier alpha value is -5.08. The van der Waals surface area contributed by atoms with Gasteiger partial charge in [-0.2, -0.15) is 5.10 Å². The predicted octanol–water partition coefficient (Wildman–Crippen LogP) is 5.72. The highest BCUT2D eigenvalue weighted by Gasteiger charge is 2.19. The molecule has 1 aliphatic rings. The highest BCUT2D eigenvalue weighted by molar-refractivity contribution is 7.88. The van der Waals surface area contributed by atoms with Gasteiger partial charge in [-0.25, -0.2) is 27.5 Å². The van der Waals surface area contributed by atoms with Gasteiger partial charge in [0.25, 0.3) is 0 Å². The molecule has 6 aromatic rings. The lowest BCUT2D eigenvalue weighted by Crippen LogP contribution is -2.21. The third-order valence-corrected chi connectivity index (χ3v) is 9.02. The SMILES string of the molecule is CS(=O)(=O)NCc1cc(F)cc(-c2cncc3[nH]c(-c4n[nH]c5ccc(-c6cncc(NC(=O)CC7CCCCC7)c6)nc45)nc23)c1. The molecule has 0 saturated heterocycles. The van der Waals surface area contributed by atoms with Crippen molar-refractivity contribution in [1.82, 2.24) is 39.8 Å². The molecule has 47 heavy (non-hydrogen) atoms. The standard InChI is InChI=1S/C33H32FN9O3S/c1-47(45,46)37-14-20-9-21(12-23(34)10-20)25-17-36-18-28-30(25)41-33(40-28)32-31-27(42-43-32)8-7-26(39-31)22-13-24(16-35-15-22)38-29(44)11-19-5-3-2-4-6-19/h7-10,12-13,15-19,37H,2-6,11,14H2,1H3,(H,38,44)(H,40,41)(H,42,43). The molecule has 1 fully saturated rings. The molecule has 1 amide bonds. The Morgan fingerprint density at radius 3 is 2.60 bits per heavy atom. The van der Waals surface area contributed by atoms with Gasteiger partial charge < -0.3 is 10.3 Å². The molecule has 0 bridgehead atoms. The average Bonchev–Trinajstić information content (AvgIpc) is 3.68. The number of sulfonamides is 1. The van der Waals surface area contributed by atoms with Crippen LogP contribution in [0.1, 0.15) is 44.1 Å². The van der Waals surface area contributed by atoms with E-state index in [1.54, 1.807) is 30.9 Å². The van der Waals surface area contributed by atoms with Gasteiger partial charge in [-0.15, -0.1) is 0 Å². The van der Waals surface area contributed by atoms with Gasteiger partial charge in [0.2, 0.25) is 15.9 Å². The fourth-order valence-electron chi connectivity index (χ4n) is 6.12. The number of amides is 1. The fourth-order valence-corrected chi connectivity index (χ4v) is 6.55. The number of fused-ring (bicyclic) bond motifs is 2. The first-order valence-corrected chi connectivity index (χ1v) is 17.3. The molecule has 5 aromatic heterocycles. The second-order valence-corrected chi connectivity index (χ2v) is 13.8. The summed E-state index contributed by atoms with van der Waals surface area (Å²) in [5.41, 5.74) is 6.39. The number of nitrogens with one attached hydrogen (secondary N) is 4. The second-order valence-electron chi connectivity index (χ2n) is 12.0. The summed E-state index contributed by atoms with van der Waals surface area (Å²) in [7, 11) is -3.46. The summed E-state index contributed by atoms with van der Waals surface area (Å²) < 4.78 is 40.2. The summed E-state index contributed by atoms with van der Waals surface area (Å²) in [5.74, 6) is 0.347. The number of aromatic nitrogens is 7. The van der Waals surface area contributed by atoms with Crippen LogP contribution in [-0.2, 0) is 21.4 Å². The second kappa shape index (κ2) is 12.6. The van der Waals surface area contributed by atoms with Crippen molar-refractivity contribution in [2.24, 2.45) is 5.92 Å². The number of hydrogen-bond donors (Lipinski definition) is 4. The van der Waals surface area contributed by atoms with Crippen LogP contribution in [-0.4, -0.2) is 55.7 Å². The maximum atomic E-state index is 14.6. The number of imidazole rings is 1. The summed E-state index contributed by atoms with van der Waals surface area (Å²) in [6.07, 6.45) is 13.9. The van der Waals surface area contributed by atoms with Crippen LogP contribution in [0.25, 0.3) is 56.0 Å². The summed E-state index contributed by atoms with van der Waals surface area (Å²) in [4.78, 5) is 34.4. The van der Waals surface area contributed by atoms with E-state index in [0.717, 1.165) is 24.7 Å². The zero-order valence-electron chi connectivity index (χ0n) is 25.5. The number of H-pyrrole nitrogens is 2. The highest BCUT2D eigenvalue weighted by Crippen LogP contribution is 2.33. The van der Waals surface area contributed by atoms with Crippen LogP contribution < -0.4 is 10.0 Å². The van der Waals surface area contributed by atoms with Gasteiger partial charge in [0.1, 0.15) is 11.3 Å². The lowest BCUT2D eigenvalue weighted by atomic mass is 9.87. The lowest BCUT2D eigenvalue weighted by molar-refractivity contribution is -0.117. The van der Waals surface area contributed by atoms with Crippen molar-refractivity contribution in [3.8, 4) is 33.9 Å². The molecule has 4 N–H and O–H groups in total. The molecule has 240 valence electrons. The van der Waals surface area contributed by atoms with Gasteiger partial charge in [-0.3, -0.25) is 19.9 Å². The lowest BCUT2D eigenvalue weighted by Gasteiger charge is -2.20.